The lowest BCUT2D eigenvalue weighted by Crippen LogP contribution is -2.12. The van der Waals surface area contributed by atoms with E-state index < -0.39 is 5.97 Å². The van der Waals surface area contributed by atoms with E-state index in [1.165, 1.54) is 17.6 Å². The number of carbonyl (C=O) groups is 2. The number of nitrogens with two attached hydrogens (primary N) is 1. The summed E-state index contributed by atoms with van der Waals surface area (Å²) in [6.45, 7) is 1.90. The van der Waals surface area contributed by atoms with Gasteiger partial charge in [0.25, 0.3) is 0 Å². The zero-order valence-electron chi connectivity index (χ0n) is 10.6. The van der Waals surface area contributed by atoms with E-state index in [4.69, 9.17) is 22.1 Å². The summed E-state index contributed by atoms with van der Waals surface area (Å²) in [5, 5.41) is 0.439. The molecule has 1 aromatic heterocycles. The number of nitrogen functional groups attached to an aromatic ring is 1. The average Bonchev–Trinajstić information content (AvgIpc) is 2.87. The van der Waals surface area contributed by atoms with Crippen LogP contribution in [-0.4, -0.2) is 23.3 Å². The third-order valence-electron chi connectivity index (χ3n) is 2.50. The molecule has 0 fully saturated rings. The highest BCUT2D eigenvalue weighted by molar-refractivity contribution is 7.12. The number of thiazole rings is 1. The molecule has 1 aromatic carbocycles. The van der Waals surface area contributed by atoms with Crippen LogP contribution in [0.1, 0.15) is 32.6 Å². The van der Waals surface area contributed by atoms with E-state index in [1.54, 1.807) is 13.0 Å². The van der Waals surface area contributed by atoms with Gasteiger partial charge in [-0.25, -0.2) is 9.78 Å². The topological polar surface area (TPSA) is 82.3 Å². The van der Waals surface area contributed by atoms with Crippen LogP contribution in [0.25, 0.3) is 0 Å². The molecule has 0 aliphatic carbocycles. The van der Waals surface area contributed by atoms with Gasteiger partial charge in [-0.1, -0.05) is 11.6 Å². The molecule has 0 aliphatic rings. The standard InChI is InChI=1S/C13H11ClN2O3S/c1-2-19-13(18)10-12(20-6-16-10)11(17)8-4-3-7(14)5-9(8)15/h3-6H,2,15H2,1H3. The molecule has 0 atom stereocenters. The summed E-state index contributed by atoms with van der Waals surface area (Å²) in [6.07, 6.45) is 0. The minimum atomic E-state index is -0.621. The normalized spacial score (nSPS) is 10.3. The number of carbonyl (C=O) groups excluding carboxylic acids is 2. The lowest BCUT2D eigenvalue weighted by atomic mass is 10.1. The average molecular weight is 311 g/mol. The zero-order chi connectivity index (χ0) is 14.7. The lowest BCUT2D eigenvalue weighted by molar-refractivity contribution is 0.0517. The monoisotopic (exact) mass is 310 g/mol. The van der Waals surface area contributed by atoms with Gasteiger partial charge in [0, 0.05) is 16.3 Å². The predicted molar refractivity (Wildman–Crippen MR) is 77.4 cm³/mol. The molecular weight excluding hydrogens is 300 g/mol. The zero-order valence-corrected chi connectivity index (χ0v) is 12.1. The highest BCUT2D eigenvalue weighted by atomic mass is 35.5. The van der Waals surface area contributed by atoms with Crippen LogP contribution in [0.2, 0.25) is 5.02 Å². The van der Waals surface area contributed by atoms with Crippen LogP contribution in [0.3, 0.4) is 0 Å². The summed E-state index contributed by atoms with van der Waals surface area (Å²) in [7, 11) is 0. The van der Waals surface area contributed by atoms with Crippen molar-refractivity contribution in [2.75, 3.05) is 12.3 Å². The molecule has 1 heterocycles. The van der Waals surface area contributed by atoms with E-state index in [1.807, 2.05) is 0 Å². The third-order valence-corrected chi connectivity index (χ3v) is 3.56. The summed E-state index contributed by atoms with van der Waals surface area (Å²) in [4.78, 5) is 28.2. The first-order chi connectivity index (χ1) is 9.54. The van der Waals surface area contributed by atoms with E-state index in [0.29, 0.717) is 5.02 Å². The van der Waals surface area contributed by atoms with Crippen molar-refractivity contribution < 1.29 is 14.3 Å². The summed E-state index contributed by atoms with van der Waals surface area (Å²) >= 11 is 6.86. The minimum absolute atomic E-state index is 0.0104. The number of ketones is 1. The number of ether oxygens (including phenoxy) is 1. The molecule has 0 saturated heterocycles. The number of benzene rings is 1. The number of halogens is 1. The molecular formula is C13H11ClN2O3S. The number of nitrogens with zero attached hydrogens (tertiary/aromatic N) is 1. The van der Waals surface area contributed by atoms with E-state index in [2.05, 4.69) is 4.98 Å². The number of rotatable bonds is 4. The van der Waals surface area contributed by atoms with Gasteiger partial charge in [-0.05, 0) is 25.1 Å². The Morgan fingerprint density at radius 3 is 2.85 bits per heavy atom. The molecule has 2 aromatic rings. The Morgan fingerprint density at radius 1 is 1.45 bits per heavy atom. The number of hydrogen-bond donors (Lipinski definition) is 1. The summed E-state index contributed by atoms with van der Waals surface area (Å²) in [6, 6.07) is 4.57. The van der Waals surface area contributed by atoms with Crippen molar-refractivity contribution in [1.82, 2.24) is 4.98 Å². The van der Waals surface area contributed by atoms with E-state index in [-0.39, 0.29) is 34.2 Å². The molecule has 0 spiro atoms. The lowest BCUT2D eigenvalue weighted by Gasteiger charge is -2.05. The molecule has 2 rings (SSSR count). The van der Waals surface area contributed by atoms with Crippen LogP contribution >= 0.6 is 22.9 Å². The smallest absolute Gasteiger partial charge is 0.358 e. The van der Waals surface area contributed by atoms with Crippen molar-refractivity contribution in [3.05, 3.63) is 44.9 Å². The van der Waals surface area contributed by atoms with Crippen LogP contribution in [0.4, 0.5) is 5.69 Å². The first kappa shape index (κ1) is 14.5. The molecule has 0 unspecified atom stereocenters. The van der Waals surface area contributed by atoms with Crippen molar-refractivity contribution in [2.45, 2.75) is 6.92 Å². The molecule has 0 aliphatic heterocycles. The SMILES string of the molecule is CCOC(=O)c1ncsc1C(=O)c1ccc(Cl)cc1N. The Labute approximate surface area is 124 Å². The molecule has 7 heteroatoms. The van der Waals surface area contributed by atoms with E-state index >= 15 is 0 Å². The predicted octanol–water partition coefficient (Wildman–Crippen LogP) is 2.79. The number of anilines is 1. The fraction of sp³-hybridized carbons (Fsp3) is 0.154. The maximum atomic E-state index is 12.4. The summed E-state index contributed by atoms with van der Waals surface area (Å²) < 4.78 is 4.86. The Balaban J connectivity index is 2.39. The maximum Gasteiger partial charge on any atom is 0.358 e. The molecule has 5 nitrogen and oxygen atoms in total. The quantitative estimate of drug-likeness (QED) is 0.533. The molecule has 0 radical (unpaired) electrons. The highest BCUT2D eigenvalue weighted by Gasteiger charge is 2.23. The van der Waals surface area contributed by atoms with Gasteiger partial charge in [0.05, 0.1) is 12.1 Å². The molecule has 2 N–H and O–H groups in total. The maximum absolute atomic E-state index is 12.4. The van der Waals surface area contributed by atoms with Gasteiger partial charge in [-0.15, -0.1) is 11.3 Å². The molecule has 0 bridgehead atoms. The Hall–Kier alpha value is -1.92. The Kier molecular flexibility index (Phi) is 4.36. The van der Waals surface area contributed by atoms with E-state index in [0.717, 1.165) is 11.3 Å². The molecule has 0 amide bonds. The van der Waals surface area contributed by atoms with Crippen LogP contribution in [-0.2, 0) is 4.74 Å². The summed E-state index contributed by atoms with van der Waals surface area (Å²) in [5.41, 5.74) is 7.75. The largest absolute Gasteiger partial charge is 0.461 e. The van der Waals surface area contributed by atoms with Crippen LogP contribution in [0, 0.1) is 0 Å². The fourth-order valence-electron chi connectivity index (χ4n) is 1.61. The molecule has 104 valence electrons. The van der Waals surface area contributed by atoms with Crippen molar-refractivity contribution >= 4 is 40.4 Å². The van der Waals surface area contributed by atoms with Gasteiger partial charge < -0.3 is 10.5 Å². The third kappa shape index (κ3) is 2.81. The van der Waals surface area contributed by atoms with Crippen LogP contribution in [0.15, 0.2) is 23.7 Å². The van der Waals surface area contributed by atoms with Gasteiger partial charge in [0.1, 0.15) is 4.88 Å². The van der Waals surface area contributed by atoms with E-state index in [9.17, 15) is 9.59 Å². The first-order valence-electron chi connectivity index (χ1n) is 5.75. The first-order valence-corrected chi connectivity index (χ1v) is 7.00. The fourth-order valence-corrected chi connectivity index (χ4v) is 2.52. The van der Waals surface area contributed by atoms with Crippen molar-refractivity contribution in [1.29, 1.82) is 0 Å². The van der Waals surface area contributed by atoms with Gasteiger partial charge >= 0.3 is 5.97 Å². The number of aromatic nitrogens is 1. The Morgan fingerprint density at radius 2 is 2.20 bits per heavy atom. The van der Waals surface area contributed by atoms with Gasteiger partial charge in [0.15, 0.2) is 5.69 Å². The Bertz CT molecular complexity index is 669. The second-order valence-corrected chi connectivity index (χ2v) is 5.10. The van der Waals surface area contributed by atoms with Gasteiger partial charge in [-0.2, -0.15) is 0 Å². The number of hydrogen-bond acceptors (Lipinski definition) is 6. The number of esters is 1. The van der Waals surface area contributed by atoms with Crippen molar-refractivity contribution in [3.63, 3.8) is 0 Å². The highest BCUT2D eigenvalue weighted by Crippen LogP contribution is 2.24. The van der Waals surface area contributed by atoms with Gasteiger partial charge in [-0.3, -0.25) is 4.79 Å². The summed E-state index contributed by atoms with van der Waals surface area (Å²) in [5.74, 6) is -0.991. The molecule has 20 heavy (non-hydrogen) atoms. The molecule has 0 saturated carbocycles. The van der Waals surface area contributed by atoms with Gasteiger partial charge in [0.2, 0.25) is 5.78 Å². The minimum Gasteiger partial charge on any atom is -0.461 e. The van der Waals surface area contributed by atoms with Crippen LogP contribution < -0.4 is 5.73 Å². The van der Waals surface area contributed by atoms with Crippen molar-refractivity contribution in [3.8, 4) is 0 Å². The van der Waals surface area contributed by atoms with Crippen molar-refractivity contribution in [2.24, 2.45) is 0 Å². The van der Waals surface area contributed by atoms with Crippen LogP contribution in [0.5, 0.6) is 0 Å². The second kappa shape index (κ2) is 6.02. The second-order valence-electron chi connectivity index (χ2n) is 3.81.